The van der Waals surface area contributed by atoms with Crippen molar-refractivity contribution < 1.29 is 14.3 Å². The normalized spacial score (nSPS) is 20.8. The van der Waals surface area contributed by atoms with E-state index >= 15 is 0 Å². The molecule has 5 rings (SSSR count). The van der Waals surface area contributed by atoms with Gasteiger partial charge in [0.2, 0.25) is 0 Å². The van der Waals surface area contributed by atoms with Gasteiger partial charge in [-0.15, -0.1) is 0 Å². The highest BCUT2D eigenvalue weighted by atomic mass is 16.5. The molecule has 170 valence electrons. The van der Waals surface area contributed by atoms with Gasteiger partial charge in [-0.2, -0.15) is 0 Å². The van der Waals surface area contributed by atoms with Crippen molar-refractivity contribution in [3.63, 3.8) is 0 Å². The summed E-state index contributed by atoms with van der Waals surface area (Å²) in [5, 5.41) is 0. The molecule has 0 N–H and O–H groups in total. The summed E-state index contributed by atoms with van der Waals surface area (Å²) in [6, 6.07) is 31.2. The Bertz CT molecular complexity index is 929. The van der Waals surface area contributed by atoms with Crippen LogP contribution in [0.2, 0.25) is 0 Å². The van der Waals surface area contributed by atoms with E-state index in [0.29, 0.717) is 6.61 Å². The molecule has 0 aromatic heterocycles. The van der Waals surface area contributed by atoms with Crippen molar-refractivity contribution in [3.05, 3.63) is 108 Å². The predicted octanol–water partition coefficient (Wildman–Crippen LogP) is 6.51. The fourth-order valence-electron chi connectivity index (χ4n) is 5.16. The molecule has 3 aromatic carbocycles. The van der Waals surface area contributed by atoms with Crippen LogP contribution in [-0.4, -0.2) is 18.7 Å². The molecular weight excluding hydrogens is 408 g/mol. The topological polar surface area (TPSA) is 35.5 Å². The molecule has 2 saturated carbocycles. The maximum Gasteiger partial charge on any atom is 0.309 e. The standard InChI is InChI=1S/C30H32O3/c31-29(33-27-19-11-4-12-20-27)28-21-23(28)22-32-30(24-13-5-1-6-14-24,25-15-7-2-8-16-25)26-17-9-3-10-18-26/h1-3,5-10,13-18,23,27-28H,4,11-12,19-22H2. The minimum atomic E-state index is -0.732. The number of ether oxygens (including phenoxy) is 2. The van der Waals surface area contributed by atoms with Gasteiger partial charge in [-0.25, -0.2) is 0 Å². The SMILES string of the molecule is O=C(OC1CCCCC1)C1CC1COC(c1ccccc1)(c1ccccc1)c1ccccc1. The van der Waals surface area contributed by atoms with Crippen LogP contribution in [0, 0.1) is 11.8 Å². The zero-order valence-electron chi connectivity index (χ0n) is 19.1. The molecule has 0 saturated heterocycles. The number of rotatable bonds is 8. The van der Waals surface area contributed by atoms with Crippen LogP contribution >= 0.6 is 0 Å². The molecule has 2 aliphatic carbocycles. The number of hydrogen-bond acceptors (Lipinski definition) is 3. The number of esters is 1. The first kappa shape index (κ1) is 21.9. The van der Waals surface area contributed by atoms with E-state index < -0.39 is 5.60 Å². The molecule has 0 radical (unpaired) electrons. The molecule has 0 bridgehead atoms. The third kappa shape index (κ3) is 4.74. The minimum Gasteiger partial charge on any atom is -0.462 e. The molecule has 3 nitrogen and oxygen atoms in total. The van der Waals surface area contributed by atoms with Gasteiger partial charge in [0.1, 0.15) is 11.7 Å². The Morgan fingerprint density at radius 3 is 1.70 bits per heavy atom. The highest BCUT2D eigenvalue weighted by Crippen LogP contribution is 2.45. The van der Waals surface area contributed by atoms with E-state index in [1.165, 1.54) is 19.3 Å². The van der Waals surface area contributed by atoms with Crippen LogP contribution in [-0.2, 0) is 19.9 Å². The van der Waals surface area contributed by atoms with Crippen molar-refractivity contribution in [1.82, 2.24) is 0 Å². The van der Waals surface area contributed by atoms with E-state index in [0.717, 1.165) is 36.0 Å². The monoisotopic (exact) mass is 440 g/mol. The third-order valence-electron chi connectivity index (χ3n) is 7.12. The molecule has 33 heavy (non-hydrogen) atoms. The van der Waals surface area contributed by atoms with E-state index in [-0.39, 0.29) is 23.9 Å². The Labute approximate surface area is 196 Å². The van der Waals surface area contributed by atoms with Crippen molar-refractivity contribution in [2.45, 2.75) is 50.2 Å². The molecule has 2 unspecified atom stereocenters. The summed E-state index contributed by atoms with van der Waals surface area (Å²) < 4.78 is 12.7. The van der Waals surface area contributed by atoms with Crippen molar-refractivity contribution >= 4 is 5.97 Å². The summed E-state index contributed by atoms with van der Waals surface area (Å²) in [4.78, 5) is 12.7. The lowest BCUT2D eigenvalue weighted by atomic mass is 9.80. The summed E-state index contributed by atoms with van der Waals surface area (Å²) in [5.41, 5.74) is 2.53. The van der Waals surface area contributed by atoms with Gasteiger partial charge in [0.15, 0.2) is 0 Å². The average molecular weight is 441 g/mol. The first-order valence-corrected chi connectivity index (χ1v) is 12.3. The Balaban J connectivity index is 1.39. The van der Waals surface area contributed by atoms with Crippen LogP contribution in [0.1, 0.15) is 55.2 Å². The largest absolute Gasteiger partial charge is 0.462 e. The summed E-state index contributed by atoms with van der Waals surface area (Å²) in [7, 11) is 0. The van der Waals surface area contributed by atoms with Gasteiger partial charge in [0.25, 0.3) is 0 Å². The highest BCUT2D eigenvalue weighted by Gasteiger charge is 2.47. The van der Waals surface area contributed by atoms with E-state index in [1.54, 1.807) is 0 Å². The molecular formula is C30H32O3. The van der Waals surface area contributed by atoms with Crippen LogP contribution in [0.4, 0.5) is 0 Å². The van der Waals surface area contributed by atoms with Crippen LogP contribution in [0.25, 0.3) is 0 Å². The summed E-state index contributed by atoms with van der Waals surface area (Å²) in [5.74, 6) is 0.142. The second kappa shape index (κ2) is 9.93. The predicted molar refractivity (Wildman–Crippen MR) is 130 cm³/mol. The Hall–Kier alpha value is -2.91. The fraction of sp³-hybridized carbons (Fsp3) is 0.367. The zero-order valence-corrected chi connectivity index (χ0v) is 19.1. The maximum absolute atomic E-state index is 12.7. The first-order valence-electron chi connectivity index (χ1n) is 12.3. The molecule has 0 amide bonds. The van der Waals surface area contributed by atoms with E-state index in [2.05, 4.69) is 72.8 Å². The molecule has 2 fully saturated rings. The van der Waals surface area contributed by atoms with Gasteiger partial charge in [-0.05, 0) is 54.7 Å². The third-order valence-corrected chi connectivity index (χ3v) is 7.12. The average Bonchev–Trinajstić information content (AvgIpc) is 3.67. The zero-order chi connectivity index (χ0) is 22.5. The Morgan fingerprint density at radius 1 is 0.727 bits per heavy atom. The maximum atomic E-state index is 12.7. The molecule has 3 heteroatoms. The van der Waals surface area contributed by atoms with Gasteiger partial charge in [0, 0.05) is 0 Å². The summed E-state index contributed by atoms with van der Waals surface area (Å²) in [6.45, 7) is 0.517. The molecule has 0 spiro atoms. The molecule has 2 aliphatic rings. The number of carbonyl (C=O) groups excluding carboxylic acids is 1. The van der Waals surface area contributed by atoms with Gasteiger partial charge >= 0.3 is 5.97 Å². The highest BCUT2D eigenvalue weighted by molar-refractivity contribution is 5.76. The molecule has 0 heterocycles. The van der Waals surface area contributed by atoms with Crippen LogP contribution in [0.15, 0.2) is 91.0 Å². The quantitative estimate of drug-likeness (QED) is 0.296. The van der Waals surface area contributed by atoms with E-state index in [1.807, 2.05) is 18.2 Å². The van der Waals surface area contributed by atoms with Crippen LogP contribution < -0.4 is 0 Å². The van der Waals surface area contributed by atoms with E-state index in [4.69, 9.17) is 9.47 Å². The van der Waals surface area contributed by atoms with Gasteiger partial charge in [-0.3, -0.25) is 4.79 Å². The van der Waals surface area contributed by atoms with Gasteiger partial charge in [-0.1, -0.05) is 97.4 Å². The summed E-state index contributed by atoms with van der Waals surface area (Å²) >= 11 is 0. The molecule has 0 aliphatic heterocycles. The van der Waals surface area contributed by atoms with Gasteiger partial charge < -0.3 is 9.47 Å². The number of carbonyl (C=O) groups is 1. The number of hydrogen-bond donors (Lipinski definition) is 0. The second-order valence-corrected chi connectivity index (χ2v) is 9.39. The van der Waals surface area contributed by atoms with Crippen molar-refractivity contribution in [2.75, 3.05) is 6.61 Å². The lowest BCUT2D eigenvalue weighted by molar-refractivity contribution is -0.152. The molecule has 2 atom stereocenters. The van der Waals surface area contributed by atoms with E-state index in [9.17, 15) is 4.79 Å². The van der Waals surface area contributed by atoms with Crippen molar-refractivity contribution in [2.24, 2.45) is 11.8 Å². The van der Waals surface area contributed by atoms with Crippen molar-refractivity contribution in [3.8, 4) is 0 Å². The molecule has 3 aromatic rings. The first-order chi connectivity index (χ1) is 16.3. The van der Waals surface area contributed by atoms with Crippen LogP contribution in [0.3, 0.4) is 0 Å². The van der Waals surface area contributed by atoms with Crippen molar-refractivity contribution in [1.29, 1.82) is 0 Å². The lowest BCUT2D eigenvalue weighted by Crippen LogP contribution is -2.34. The fourth-order valence-corrected chi connectivity index (χ4v) is 5.16. The minimum absolute atomic E-state index is 0.0276. The Morgan fingerprint density at radius 2 is 1.21 bits per heavy atom. The van der Waals surface area contributed by atoms with Gasteiger partial charge in [0.05, 0.1) is 12.5 Å². The second-order valence-electron chi connectivity index (χ2n) is 9.39. The summed E-state index contributed by atoms with van der Waals surface area (Å²) in [6.07, 6.45) is 6.59. The lowest BCUT2D eigenvalue weighted by Gasteiger charge is -2.36. The number of benzene rings is 3. The Kier molecular flexibility index (Phi) is 6.59. The van der Waals surface area contributed by atoms with Crippen LogP contribution in [0.5, 0.6) is 0 Å². The smallest absolute Gasteiger partial charge is 0.309 e.